The highest BCUT2D eigenvalue weighted by molar-refractivity contribution is 7.87. The van der Waals surface area contributed by atoms with Gasteiger partial charge in [0, 0.05) is 6.07 Å². The fraction of sp³-hybridized carbons (Fsp3) is 0.250. The first-order valence-electron chi connectivity index (χ1n) is 6.62. The van der Waals surface area contributed by atoms with Crippen LogP contribution in [0.4, 0.5) is 0 Å². The van der Waals surface area contributed by atoms with Gasteiger partial charge in [0.1, 0.15) is 10.6 Å². The predicted octanol–water partition coefficient (Wildman–Crippen LogP) is 3.09. The first-order chi connectivity index (χ1) is 10.4. The molecular weight excluding hydrogens is 304 g/mol. The third-order valence-electron chi connectivity index (χ3n) is 3.24. The van der Waals surface area contributed by atoms with Crippen molar-refractivity contribution >= 4 is 10.1 Å². The molecule has 0 aliphatic rings. The number of hydrogen-bond donors (Lipinski definition) is 0. The van der Waals surface area contributed by atoms with Crippen LogP contribution >= 0.6 is 0 Å². The summed E-state index contributed by atoms with van der Waals surface area (Å²) in [5.41, 5.74) is 1.26. The topological polar surface area (TPSA) is 61.8 Å². The van der Waals surface area contributed by atoms with E-state index in [-0.39, 0.29) is 4.90 Å². The first kappa shape index (κ1) is 16.2. The summed E-state index contributed by atoms with van der Waals surface area (Å²) in [4.78, 5) is 0.0494. The van der Waals surface area contributed by atoms with Crippen LogP contribution in [0.2, 0.25) is 0 Å². The minimum Gasteiger partial charge on any atom is -0.493 e. The van der Waals surface area contributed by atoms with Crippen molar-refractivity contribution in [2.24, 2.45) is 0 Å². The van der Waals surface area contributed by atoms with Crippen molar-refractivity contribution in [1.29, 1.82) is 0 Å². The average molecular weight is 322 g/mol. The summed E-state index contributed by atoms with van der Waals surface area (Å²) in [6.07, 6.45) is 0. The molecule has 0 aromatic heterocycles. The molecule has 2 aromatic rings. The number of ether oxygens (including phenoxy) is 2. The molecule has 0 heterocycles. The fourth-order valence-corrected chi connectivity index (χ4v) is 3.26. The van der Waals surface area contributed by atoms with Crippen LogP contribution in [-0.4, -0.2) is 22.6 Å². The Hall–Kier alpha value is -2.21. The van der Waals surface area contributed by atoms with E-state index in [2.05, 4.69) is 0 Å². The van der Waals surface area contributed by atoms with Gasteiger partial charge in [0.2, 0.25) is 0 Å². The smallest absolute Gasteiger partial charge is 0.339 e. The van der Waals surface area contributed by atoms with E-state index in [1.807, 2.05) is 6.07 Å². The molecule has 0 unspecified atom stereocenters. The summed E-state index contributed by atoms with van der Waals surface area (Å²) >= 11 is 0. The monoisotopic (exact) mass is 322 g/mol. The van der Waals surface area contributed by atoms with E-state index in [1.165, 1.54) is 20.3 Å². The fourth-order valence-electron chi connectivity index (χ4n) is 2.04. The van der Waals surface area contributed by atoms with E-state index >= 15 is 0 Å². The van der Waals surface area contributed by atoms with Gasteiger partial charge in [-0.3, -0.25) is 0 Å². The highest BCUT2D eigenvalue weighted by atomic mass is 32.2. The summed E-state index contributed by atoms with van der Waals surface area (Å²) in [5.74, 6) is 1.10. The highest BCUT2D eigenvalue weighted by Crippen LogP contribution is 2.33. The van der Waals surface area contributed by atoms with Crippen LogP contribution in [0.25, 0.3) is 0 Å². The second kappa shape index (κ2) is 6.27. The van der Waals surface area contributed by atoms with Crippen LogP contribution < -0.4 is 13.7 Å². The summed E-state index contributed by atoms with van der Waals surface area (Å²) in [6.45, 7) is 3.46. The maximum Gasteiger partial charge on any atom is 0.339 e. The molecule has 0 aliphatic heterocycles. The van der Waals surface area contributed by atoms with Crippen LogP contribution in [0.3, 0.4) is 0 Å². The molecular formula is C16H18O5S. The van der Waals surface area contributed by atoms with Gasteiger partial charge in [-0.1, -0.05) is 18.2 Å². The zero-order chi connectivity index (χ0) is 16.3. The summed E-state index contributed by atoms with van der Waals surface area (Å²) in [7, 11) is -1.01. The molecule has 22 heavy (non-hydrogen) atoms. The van der Waals surface area contributed by atoms with Crippen LogP contribution in [0.1, 0.15) is 11.1 Å². The number of aryl methyl sites for hydroxylation is 2. The average Bonchev–Trinajstić information content (AvgIpc) is 2.48. The quantitative estimate of drug-likeness (QED) is 0.792. The van der Waals surface area contributed by atoms with E-state index in [9.17, 15) is 8.42 Å². The molecule has 0 radical (unpaired) electrons. The largest absolute Gasteiger partial charge is 0.493 e. The van der Waals surface area contributed by atoms with Crippen LogP contribution in [-0.2, 0) is 10.1 Å². The second-order valence-corrected chi connectivity index (χ2v) is 6.29. The lowest BCUT2D eigenvalue weighted by Crippen LogP contribution is -2.12. The Morgan fingerprint density at radius 3 is 2.00 bits per heavy atom. The van der Waals surface area contributed by atoms with Crippen molar-refractivity contribution < 1.29 is 22.1 Å². The zero-order valence-electron chi connectivity index (χ0n) is 12.9. The van der Waals surface area contributed by atoms with Gasteiger partial charge in [-0.15, -0.1) is 0 Å². The van der Waals surface area contributed by atoms with Gasteiger partial charge in [-0.05, 0) is 37.1 Å². The lowest BCUT2D eigenvalue weighted by Gasteiger charge is -2.14. The minimum atomic E-state index is -3.96. The number of benzene rings is 2. The van der Waals surface area contributed by atoms with Crippen molar-refractivity contribution in [1.82, 2.24) is 0 Å². The van der Waals surface area contributed by atoms with Gasteiger partial charge in [0.25, 0.3) is 0 Å². The summed E-state index contributed by atoms with van der Waals surface area (Å²) in [6, 6.07) is 9.94. The van der Waals surface area contributed by atoms with Crippen molar-refractivity contribution in [2.45, 2.75) is 18.7 Å². The van der Waals surface area contributed by atoms with Gasteiger partial charge in [-0.2, -0.15) is 8.42 Å². The first-order valence-corrected chi connectivity index (χ1v) is 8.02. The van der Waals surface area contributed by atoms with E-state index in [0.29, 0.717) is 22.8 Å². The van der Waals surface area contributed by atoms with Crippen molar-refractivity contribution in [3.05, 3.63) is 47.5 Å². The number of rotatable bonds is 5. The molecule has 0 aliphatic carbocycles. The minimum absolute atomic E-state index is 0.0494. The molecule has 118 valence electrons. The molecule has 5 nitrogen and oxygen atoms in total. The Morgan fingerprint density at radius 2 is 1.41 bits per heavy atom. The van der Waals surface area contributed by atoms with Crippen molar-refractivity contribution in [3.8, 4) is 17.2 Å². The van der Waals surface area contributed by atoms with Crippen molar-refractivity contribution in [2.75, 3.05) is 14.2 Å². The third-order valence-corrected chi connectivity index (χ3v) is 4.62. The molecule has 0 bridgehead atoms. The summed E-state index contributed by atoms with van der Waals surface area (Å²) in [5, 5.41) is 0. The molecule has 6 heteroatoms. The molecule has 0 saturated heterocycles. The van der Waals surface area contributed by atoms with E-state index < -0.39 is 10.1 Å². The molecule has 0 N–H and O–H groups in total. The molecule has 0 spiro atoms. The van der Waals surface area contributed by atoms with Gasteiger partial charge in [0.15, 0.2) is 11.5 Å². The SMILES string of the molecule is COc1cc(C)c(S(=O)(=O)Oc2ccccc2C)cc1OC. The highest BCUT2D eigenvalue weighted by Gasteiger charge is 2.23. The Bertz CT molecular complexity index is 781. The maximum absolute atomic E-state index is 12.5. The second-order valence-electron chi connectivity index (χ2n) is 4.78. The molecule has 0 atom stereocenters. The normalized spacial score (nSPS) is 11.1. The summed E-state index contributed by atoms with van der Waals surface area (Å²) < 4.78 is 40.6. The third kappa shape index (κ3) is 3.17. The van der Waals surface area contributed by atoms with Gasteiger partial charge in [-0.25, -0.2) is 0 Å². The Kier molecular flexibility index (Phi) is 4.61. The van der Waals surface area contributed by atoms with Crippen LogP contribution in [0.15, 0.2) is 41.3 Å². The maximum atomic E-state index is 12.5. The number of hydrogen-bond acceptors (Lipinski definition) is 5. The van der Waals surface area contributed by atoms with E-state index in [1.54, 1.807) is 38.1 Å². The molecule has 0 saturated carbocycles. The Balaban J connectivity index is 2.48. The van der Waals surface area contributed by atoms with E-state index in [0.717, 1.165) is 5.56 Å². The predicted molar refractivity (Wildman–Crippen MR) is 83.3 cm³/mol. The molecule has 2 aromatic carbocycles. The van der Waals surface area contributed by atoms with Gasteiger partial charge < -0.3 is 13.7 Å². The van der Waals surface area contributed by atoms with Crippen LogP contribution in [0, 0.1) is 13.8 Å². The lowest BCUT2D eigenvalue weighted by molar-refractivity contribution is 0.353. The van der Waals surface area contributed by atoms with E-state index in [4.69, 9.17) is 13.7 Å². The Labute approximate surface area is 130 Å². The number of methoxy groups -OCH3 is 2. The molecule has 0 amide bonds. The number of para-hydroxylation sites is 1. The van der Waals surface area contributed by atoms with Gasteiger partial charge in [0.05, 0.1) is 14.2 Å². The standard InChI is InChI=1S/C16H18O5S/c1-11-7-5-6-8-13(11)21-22(17,18)16-10-15(20-4)14(19-3)9-12(16)2/h5-10H,1-4H3. The molecule has 0 fully saturated rings. The zero-order valence-corrected chi connectivity index (χ0v) is 13.7. The lowest BCUT2D eigenvalue weighted by atomic mass is 10.2. The van der Waals surface area contributed by atoms with Crippen molar-refractivity contribution in [3.63, 3.8) is 0 Å². The van der Waals surface area contributed by atoms with Crippen LogP contribution in [0.5, 0.6) is 17.2 Å². The van der Waals surface area contributed by atoms with Gasteiger partial charge >= 0.3 is 10.1 Å². The Morgan fingerprint density at radius 1 is 0.818 bits per heavy atom. The molecule has 2 rings (SSSR count).